The van der Waals surface area contributed by atoms with Gasteiger partial charge in [-0.2, -0.15) is 0 Å². The largest absolute Gasteiger partial charge is 0.497 e. The summed E-state index contributed by atoms with van der Waals surface area (Å²) in [5.74, 6) is 0.290. The molecule has 0 radical (unpaired) electrons. The molecule has 0 bridgehead atoms. The van der Waals surface area contributed by atoms with Crippen molar-refractivity contribution in [3.05, 3.63) is 58.1 Å². The van der Waals surface area contributed by atoms with Crippen LogP contribution in [0.15, 0.2) is 42.5 Å². The first-order valence-corrected chi connectivity index (χ1v) is 8.39. The van der Waals surface area contributed by atoms with Crippen LogP contribution in [0.25, 0.3) is 0 Å². The molecule has 1 fully saturated rings. The number of nitro benzene ring substituents is 1. The number of benzene rings is 2. The van der Waals surface area contributed by atoms with Crippen LogP contribution in [0.1, 0.15) is 10.4 Å². The van der Waals surface area contributed by atoms with Crippen LogP contribution in [0.5, 0.6) is 5.75 Å². The molecule has 2 aromatic rings. The predicted octanol–water partition coefficient (Wildman–Crippen LogP) is 1.24. The Morgan fingerprint density at radius 3 is 2.50 bits per heavy atom. The fourth-order valence-electron chi connectivity index (χ4n) is 2.95. The summed E-state index contributed by atoms with van der Waals surface area (Å²) in [6.45, 7) is 3.30. The van der Waals surface area contributed by atoms with Gasteiger partial charge >= 0.3 is 0 Å². The summed E-state index contributed by atoms with van der Waals surface area (Å²) >= 11 is 0. The summed E-state index contributed by atoms with van der Waals surface area (Å²) in [6, 6.07) is 11.5. The minimum atomic E-state index is -0.433. The second kappa shape index (κ2) is 7.83. The highest BCUT2D eigenvalue weighted by atomic mass is 16.6. The Bertz CT molecular complexity index is 801. The van der Waals surface area contributed by atoms with Gasteiger partial charge < -0.3 is 20.3 Å². The molecule has 0 spiro atoms. The van der Waals surface area contributed by atoms with Crippen molar-refractivity contribution < 1.29 is 19.8 Å². The second-order valence-corrected chi connectivity index (χ2v) is 6.00. The maximum atomic E-state index is 12.4. The number of hydrogen-bond acceptors (Lipinski definition) is 5. The number of amides is 1. The maximum Gasteiger partial charge on any atom is 0.293 e. The van der Waals surface area contributed by atoms with Gasteiger partial charge in [0, 0.05) is 17.3 Å². The van der Waals surface area contributed by atoms with Gasteiger partial charge in [0.1, 0.15) is 11.4 Å². The minimum Gasteiger partial charge on any atom is -0.497 e. The highest BCUT2D eigenvalue weighted by Crippen LogP contribution is 2.29. The number of piperazine rings is 1. The lowest BCUT2D eigenvalue weighted by molar-refractivity contribution is -0.655. The van der Waals surface area contributed by atoms with Crippen LogP contribution < -0.4 is 20.3 Å². The second-order valence-electron chi connectivity index (χ2n) is 6.00. The molecule has 3 rings (SSSR count). The van der Waals surface area contributed by atoms with Crippen molar-refractivity contribution in [3.8, 4) is 5.75 Å². The first kappa shape index (κ1) is 17.7. The third kappa shape index (κ3) is 3.92. The van der Waals surface area contributed by atoms with Gasteiger partial charge in [-0.3, -0.25) is 14.9 Å². The topological polar surface area (TPSA) is 101 Å². The Morgan fingerprint density at radius 2 is 1.88 bits per heavy atom. The molecule has 1 aliphatic rings. The van der Waals surface area contributed by atoms with Crippen molar-refractivity contribution >= 4 is 23.0 Å². The van der Waals surface area contributed by atoms with Gasteiger partial charge in [-0.1, -0.05) is 0 Å². The fourth-order valence-corrected chi connectivity index (χ4v) is 2.95. The van der Waals surface area contributed by atoms with Crippen LogP contribution in [0, 0.1) is 10.1 Å². The van der Waals surface area contributed by atoms with E-state index < -0.39 is 10.8 Å². The van der Waals surface area contributed by atoms with Crippen molar-refractivity contribution in [2.24, 2.45) is 0 Å². The number of methoxy groups -OCH3 is 1. The molecule has 0 aliphatic carbocycles. The highest BCUT2D eigenvalue weighted by Gasteiger charge is 2.24. The molecule has 1 heterocycles. The van der Waals surface area contributed by atoms with Crippen molar-refractivity contribution in [1.82, 2.24) is 0 Å². The van der Waals surface area contributed by atoms with E-state index in [0.717, 1.165) is 26.2 Å². The molecule has 0 atom stereocenters. The highest BCUT2D eigenvalue weighted by molar-refractivity contribution is 6.05. The van der Waals surface area contributed by atoms with Gasteiger partial charge in [-0.25, -0.2) is 0 Å². The molecule has 1 aliphatic heterocycles. The Labute approximate surface area is 150 Å². The zero-order valence-electron chi connectivity index (χ0n) is 14.5. The van der Waals surface area contributed by atoms with E-state index in [1.165, 1.54) is 6.07 Å². The van der Waals surface area contributed by atoms with Crippen LogP contribution in [0.3, 0.4) is 0 Å². The maximum absolute atomic E-state index is 12.4. The summed E-state index contributed by atoms with van der Waals surface area (Å²) < 4.78 is 5.08. The molecule has 1 saturated heterocycles. The molecule has 0 aromatic heterocycles. The number of carbonyl (C=O) groups excluding carboxylic acids is 1. The van der Waals surface area contributed by atoms with Crippen LogP contribution >= 0.6 is 0 Å². The molecule has 2 aromatic carbocycles. The van der Waals surface area contributed by atoms with Crippen molar-refractivity contribution in [3.63, 3.8) is 0 Å². The molecular weight excluding hydrogens is 336 g/mol. The zero-order chi connectivity index (χ0) is 18.5. The first-order valence-electron chi connectivity index (χ1n) is 8.39. The first-order chi connectivity index (χ1) is 12.6. The number of carbonyl (C=O) groups is 1. The molecule has 8 heteroatoms. The molecule has 26 heavy (non-hydrogen) atoms. The molecular formula is C18H21N4O4+. The van der Waals surface area contributed by atoms with E-state index in [-0.39, 0.29) is 11.3 Å². The van der Waals surface area contributed by atoms with Gasteiger partial charge in [0.2, 0.25) is 0 Å². The van der Waals surface area contributed by atoms with Crippen LogP contribution in [0.2, 0.25) is 0 Å². The van der Waals surface area contributed by atoms with E-state index in [4.69, 9.17) is 4.74 Å². The van der Waals surface area contributed by atoms with E-state index in [1.807, 2.05) is 4.90 Å². The molecule has 8 nitrogen and oxygen atoms in total. The van der Waals surface area contributed by atoms with E-state index in [1.54, 1.807) is 43.5 Å². The quantitative estimate of drug-likeness (QED) is 0.619. The van der Waals surface area contributed by atoms with Crippen molar-refractivity contribution in [2.75, 3.05) is 43.5 Å². The van der Waals surface area contributed by atoms with E-state index in [0.29, 0.717) is 17.1 Å². The summed E-state index contributed by atoms with van der Waals surface area (Å²) in [6.07, 6.45) is 0. The van der Waals surface area contributed by atoms with Gasteiger partial charge in [0.05, 0.1) is 38.2 Å². The van der Waals surface area contributed by atoms with Crippen LogP contribution in [-0.2, 0) is 0 Å². The number of rotatable bonds is 5. The Kier molecular flexibility index (Phi) is 5.33. The minimum absolute atomic E-state index is 0.0470. The zero-order valence-corrected chi connectivity index (χ0v) is 14.5. The van der Waals surface area contributed by atoms with E-state index in [9.17, 15) is 14.9 Å². The standard InChI is InChI=1S/C18H20N4O4/c1-26-15-5-3-14(4-6-15)20-18(23)13-2-7-16(17(12-13)22(24)25)21-10-8-19-9-11-21/h2-7,12,19H,8-11H2,1H3,(H,20,23)/p+1. The predicted molar refractivity (Wildman–Crippen MR) is 97.9 cm³/mol. The van der Waals surface area contributed by atoms with Crippen LogP contribution in [-0.4, -0.2) is 44.1 Å². The number of nitrogens with two attached hydrogens (primary N) is 1. The van der Waals surface area contributed by atoms with Crippen molar-refractivity contribution in [1.29, 1.82) is 0 Å². The summed E-state index contributed by atoms with van der Waals surface area (Å²) in [7, 11) is 1.56. The monoisotopic (exact) mass is 357 g/mol. The number of ether oxygens (including phenoxy) is 1. The van der Waals surface area contributed by atoms with E-state index >= 15 is 0 Å². The summed E-state index contributed by atoms with van der Waals surface area (Å²) in [5, 5.41) is 16.4. The molecule has 3 N–H and O–H groups in total. The molecule has 136 valence electrons. The summed E-state index contributed by atoms with van der Waals surface area (Å²) in [4.78, 5) is 25.5. The number of nitrogens with zero attached hydrogens (tertiary/aromatic N) is 2. The number of hydrogen-bond donors (Lipinski definition) is 2. The average Bonchev–Trinajstić information content (AvgIpc) is 2.68. The van der Waals surface area contributed by atoms with Gasteiger partial charge in [0.15, 0.2) is 0 Å². The normalized spacial score (nSPS) is 14.0. The third-order valence-corrected chi connectivity index (χ3v) is 4.33. The Hall–Kier alpha value is -3.13. The lowest BCUT2D eigenvalue weighted by Gasteiger charge is -2.27. The van der Waals surface area contributed by atoms with Gasteiger partial charge in [-0.05, 0) is 36.4 Å². The molecule has 0 saturated carbocycles. The molecule has 0 unspecified atom stereocenters. The Balaban J connectivity index is 1.81. The lowest BCUT2D eigenvalue weighted by atomic mass is 10.1. The average molecular weight is 357 g/mol. The SMILES string of the molecule is COc1ccc(NC(=O)c2ccc(N3CC[NH2+]CC3)c([N+](=O)[O-])c2)cc1. The number of anilines is 2. The number of nitrogens with one attached hydrogen (secondary N) is 1. The van der Waals surface area contributed by atoms with Gasteiger partial charge in [-0.15, -0.1) is 0 Å². The third-order valence-electron chi connectivity index (χ3n) is 4.33. The fraction of sp³-hybridized carbons (Fsp3) is 0.278. The van der Waals surface area contributed by atoms with Gasteiger partial charge in [0.25, 0.3) is 11.6 Å². The van der Waals surface area contributed by atoms with Crippen LogP contribution in [0.4, 0.5) is 17.1 Å². The Morgan fingerprint density at radius 1 is 1.19 bits per heavy atom. The van der Waals surface area contributed by atoms with Crippen molar-refractivity contribution in [2.45, 2.75) is 0 Å². The number of nitro groups is 1. The number of quaternary nitrogens is 1. The lowest BCUT2D eigenvalue weighted by Crippen LogP contribution is -2.89. The van der Waals surface area contributed by atoms with E-state index in [2.05, 4.69) is 10.6 Å². The summed E-state index contributed by atoms with van der Waals surface area (Å²) in [5.41, 5.74) is 1.35. The molecule has 1 amide bonds. The smallest absolute Gasteiger partial charge is 0.293 e.